The van der Waals surface area contributed by atoms with E-state index >= 15 is 0 Å². The third-order valence-corrected chi connectivity index (χ3v) is 2.86. The highest BCUT2D eigenvalue weighted by Gasteiger charge is 2.11. The molecule has 0 saturated carbocycles. The van der Waals surface area contributed by atoms with Crippen LogP contribution in [0.25, 0.3) is 0 Å². The summed E-state index contributed by atoms with van der Waals surface area (Å²) in [5, 5.41) is 3.23. The van der Waals surface area contributed by atoms with E-state index in [9.17, 15) is 0 Å². The summed E-state index contributed by atoms with van der Waals surface area (Å²) >= 11 is 0. The average molecular weight is 175 g/mol. The van der Waals surface area contributed by atoms with Gasteiger partial charge in [-0.2, -0.15) is 0 Å². The quantitative estimate of drug-likeness (QED) is 0.727. The molecular weight excluding hydrogens is 158 g/mol. The zero-order valence-electron chi connectivity index (χ0n) is 8.27. The van der Waals surface area contributed by atoms with Crippen LogP contribution >= 0.6 is 0 Å². The van der Waals surface area contributed by atoms with Gasteiger partial charge in [-0.05, 0) is 49.4 Å². The van der Waals surface area contributed by atoms with Crippen molar-refractivity contribution in [1.29, 1.82) is 0 Å². The summed E-state index contributed by atoms with van der Waals surface area (Å²) in [6, 6.07) is 6.73. The predicted octanol–water partition coefficient (Wildman–Crippen LogP) is 2.28. The van der Waals surface area contributed by atoms with Crippen LogP contribution < -0.4 is 5.32 Å². The standard InChI is InChI=1S/C12H17N/c1-13-9-11-7-4-6-10-5-2-3-8-12(10)11/h4,6-7,13H,2-3,5,8-9H2,1H3. The predicted molar refractivity (Wildman–Crippen MR) is 55.8 cm³/mol. The molecule has 1 heteroatoms. The first-order chi connectivity index (χ1) is 6.42. The number of benzene rings is 1. The Hall–Kier alpha value is -0.820. The van der Waals surface area contributed by atoms with Gasteiger partial charge in [0.05, 0.1) is 0 Å². The summed E-state index contributed by atoms with van der Waals surface area (Å²) in [4.78, 5) is 0. The zero-order chi connectivity index (χ0) is 9.10. The molecule has 0 radical (unpaired) electrons. The van der Waals surface area contributed by atoms with Crippen LogP contribution in [0.5, 0.6) is 0 Å². The lowest BCUT2D eigenvalue weighted by atomic mass is 9.88. The molecule has 0 unspecified atom stereocenters. The van der Waals surface area contributed by atoms with E-state index in [4.69, 9.17) is 0 Å². The molecule has 0 aromatic heterocycles. The molecule has 0 spiro atoms. The SMILES string of the molecule is CNCc1cccc2c1CCCC2. The van der Waals surface area contributed by atoms with Crippen LogP contribution in [0.4, 0.5) is 0 Å². The van der Waals surface area contributed by atoms with Gasteiger partial charge < -0.3 is 5.32 Å². The number of aryl methyl sites for hydroxylation is 1. The molecule has 13 heavy (non-hydrogen) atoms. The molecule has 1 aliphatic rings. The van der Waals surface area contributed by atoms with Gasteiger partial charge in [0.2, 0.25) is 0 Å². The largest absolute Gasteiger partial charge is 0.316 e. The number of rotatable bonds is 2. The van der Waals surface area contributed by atoms with Crippen molar-refractivity contribution in [2.45, 2.75) is 32.2 Å². The van der Waals surface area contributed by atoms with Gasteiger partial charge in [0.25, 0.3) is 0 Å². The van der Waals surface area contributed by atoms with E-state index in [1.807, 2.05) is 7.05 Å². The second-order valence-corrected chi connectivity index (χ2v) is 3.79. The van der Waals surface area contributed by atoms with Gasteiger partial charge in [-0.3, -0.25) is 0 Å². The van der Waals surface area contributed by atoms with Crippen molar-refractivity contribution in [2.75, 3.05) is 7.05 Å². The maximum absolute atomic E-state index is 3.23. The van der Waals surface area contributed by atoms with E-state index < -0.39 is 0 Å². The Morgan fingerprint density at radius 3 is 2.92 bits per heavy atom. The summed E-state index contributed by atoms with van der Waals surface area (Å²) in [6.45, 7) is 1.02. The summed E-state index contributed by atoms with van der Waals surface area (Å²) in [5.74, 6) is 0. The summed E-state index contributed by atoms with van der Waals surface area (Å²) < 4.78 is 0. The van der Waals surface area contributed by atoms with Gasteiger partial charge >= 0.3 is 0 Å². The molecule has 0 saturated heterocycles. The third-order valence-electron chi connectivity index (χ3n) is 2.86. The Labute approximate surface area is 80.2 Å². The Morgan fingerprint density at radius 2 is 2.08 bits per heavy atom. The Morgan fingerprint density at radius 1 is 1.23 bits per heavy atom. The van der Waals surface area contributed by atoms with Crippen LogP contribution in [-0.2, 0) is 19.4 Å². The molecule has 70 valence electrons. The van der Waals surface area contributed by atoms with Crippen molar-refractivity contribution in [3.8, 4) is 0 Å². The molecule has 0 heterocycles. The number of hydrogen-bond donors (Lipinski definition) is 1. The van der Waals surface area contributed by atoms with Gasteiger partial charge in [0.1, 0.15) is 0 Å². The number of nitrogens with one attached hydrogen (secondary N) is 1. The van der Waals surface area contributed by atoms with Crippen LogP contribution in [0, 0.1) is 0 Å². The maximum atomic E-state index is 3.23. The van der Waals surface area contributed by atoms with Crippen molar-refractivity contribution in [3.63, 3.8) is 0 Å². The summed E-state index contributed by atoms with van der Waals surface area (Å²) in [6.07, 6.45) is 5.31. The zero-order valence-corrected chi connectivity index (χ0v) is 8.27. The van der Waals surface area contributed by atoms with Crippen molar-refractivity contribution in [1.82, 2.24) is 5.32 Å². The lowest BCUT2D eigenvalue weighted by Gasteiger charge is -2.18. The Balaban J connectivity index is 2.34. The van der Waals surface area contributed by atoms with Crippen LogP contribution in [0.2, 0.25) is 0 Å². The molecule has 0 bridgehead atoms. The molecule has 0 aliphatic heterocycles. The lowest BCUT2D eigenvalue weighted by molar-refractivity contribution is 0.671. The smallest absolute Gasteiger partial charge is 0.0205 e. The van der Waals surface area contributed by atoms with E-state index in [1.165, 1.54) is 31.2 Å². The Kier molecular flexibility index (Phi) is 2.65. The molecule has 0 atom stereocenters. The molecule has 0 fully saturated rings. The molecule has 1 N–H and O–H groups in total. The lowest BCUT2D eigenvalue weighted by Crippen LogP contribution is -2.11. The van der Waals surface area contributed by atoms with E-state index in [-0.39, 0.29) is 0 Å². The van der Waals surface area contributed by atoms with E-state index in [2.05, 4.69) is 23.5 Å². The number of fused-ring (bicyclic) bond motifs is 1. The molecule has 1 aromatic rings. The monoisotopic (exact) mass is 175 g/mol. The third kappa shape index (κ3) is 1.75. The normalized spacial score (nSPS) is 15.5. The van der Waals surface area contributed by atoms with Crippen LogP contribution in [0.3, 0.4) is 0 Å². The molecule has 2 rings (SSSR count). The van der Waals surface area contributed by atoms with E-state index in [0.717, 1.165) is 6.54 Å². The molecule has 1 aromatic carbocycles. The molecule has 1 aliphatic carbocycles. The fourth-order valence-electron chi connectivity index (χ4n) is 2.22. The minimum Gasteiger partial charge on any atom is -0.316 e. The highest BCUT2D eigenvalue weighted by atomic mass is 14.8. The molecule has 0 amide bonds. The molecule has 1 nitrogen and oxygen atoms in total. The van der Waals surface area contributed by atoms with Gasteiger partial charge in [0, 0.05) is 6.54 Å². The van der Waals surface area contributed by atoms with Gasteiger partial charge in [-0.15, -0.1) is 0 Å². The first-order valence-electron chi connectivity index (χ1n) is 5.16. The first kappa shape index (κ1) is 8.76. The highest BCUT2D eigenvalue weighted by Crippen LogP contribution is 2.24. The number of hydrogen-bond acceptors (Lipinski definition) is 1. The fraction of sp³-hybridized carbons (Fsp3) is 0.500. The van der Waals surface area contributed by atoms with Crippen LogP contribution in [-0.4, -0.2) is 7.05 Å². The van der Waals surface area contributed by atoms with Gasteiger partial charge in [-0.1, -0.05) is 18.2 Å². The van der Waals surface area contributed by atoms with Crippen molar-refractivity contribution in [3.05, 3.63) is 34.9 Å². The van der Waals surface area contributed by atoms with Gasteiger partial charge in [0.15, 0.2) is 0 Å². The average Bonchev–Trinajstić information content (AvgIpc) is 2.19. The Bertz CT molecular complexity index is 291. The molecular formula is C12H17N. The minimum absolute atomic E-state index is 1.02. The minimum atomic E-state index is 1.02. The second-order valence-electron chi connectivity index (χ2n) is 3.79. The topological polar surface area (TPSA) is 12.0 Å². The van der Waals surface area contributed by atoms with Crippen LogP contribution in [0.15, 0.2) is 18.2 Å². The van der Waals surface area contributed by atoms with E-state index in [1.54, 1.807) is 11.1 Å². The summed E-state index contributed by atoms with van der Waals surface area (Å²) in [7, 11) is 2.02. The highest BCUT2D eigenvalue weighted by molar-refractivity contribution is 5.36. The maximum Gasteiger partial charge on any atom is 0.0205 e. The summed E-state index contributed by atoms with van der Waals surface area (Å²) in [5.41, 5.74) is 4.70. The fourth-order valence-corrected chi connectivity index (χ4v) is 2.22. The van der Waals surface area contributed by atoms with Crippen molar-refractivity contribution in [2.24, 2.45) is 0 Å². The van der Waals surface area contributed by atoms with Crippen molar-refractivity contribution >= 4 is 0 Å². The van der Waals surface area contributed by atoms with E-state index in [0.29, 0.717) is 0 Å². The van der Waals surface area contributed by atoms with Gasteiger partial charge in [-0.25, -0.2) is 0 Å². The van der Waals surface area contributed by atoms with Crippen molar-refractivity contribution < 1.29 is 0 Å². The first-order valence-corrected chi connectivity index (χ1v) is 5.16. The second kappa shape index (κ2) is 3.93. The van der Waals surface area contributed by atoms with Crippen LogP contribution in [0.1, 0.15) is 29.5 Å².